The van der Waals surface area contributed by atoms with Crippen LogP contribution in [0.1, 0.15) is 27.0 Å². The average molecular weight is 304 g/mol. The van der Waals surface area contributed by atoms with Gasteiger partial charge >= 0.3 is 6.18 Å². The lowest BCUT2D eigenvalue weighted by atomic mass is 10.1. The molecule has 0 radical (unpaired) electrons. The number of carbonyl (C=O) groups is 1. The summed E-state index contributed by atoms with van der Waals surface area (Å²) in [5, 5.41) is 11.3. The Balaban J connectivity index is 2.08. The van der Waals surface area contributed by atoms with Gasteiger partial charge in [-0.2, -0.15) is 18.4 Å². The number of nitrogens with one attached hydrogen (secondary N) is 1. The van der Waals surface area contributed by atoms with Gasteiger partial charge in [0.25, 0.3) is 5.91 Å². The third-order valence-corrected chi connectivity index (χ3v) is 2.96. The summed E-state index contributed by atoms with van der Waals surface area (Å²) >= 11 is 0. The Labute approximate surface area is 125 Å². The summed E-state index contributed by atoms with van der Waals surface area (Å²) in [7, 11) is 0. The summed E-state index contributed by atoms with van der Waals surface area (Å²) < 4.78 is 37.8. The van der Waals surface area contributed by atoms with Crippen molar-refractivity contribution in [2.75, 3.05) is 0 Å². The molecule has 22 heavy (non-hydrogen) atoms. The molecule has 1 amide bonds. The number of amides is 1. The number of nitriles is 1. The molecule has 0 bridgehead atoms. The number of hydrogen-bond acceptors (Lipinski definition) is 2. The largest absolute Gasteiger partial charge is 0.416 e. The number of nitrogens with zero attached hydrogens (tertiary/aromatic N) is 1. The third-order valence-electron chi connectivity index (χ3n) is 2.96. The molecule has 0 spiro atoms. The van der Waals surface area contributed by atoms with E-state index in [2.05, 4.69) is 5.32 Å². The molecule has 0 aliphatic heterocycles. The quantitative estimate of drug-likeness (QED) is 0.943. The maximum Gasteiger partial charge on any atom is 0.416 e. The first-order valence-electron chi connectivity index (χ1n) is 6.34. The number of benzene rings is 2. The van der Waals surface area contributed by atoms with E-state index in [0.29, 0.717) is 11.1 Å². The number of halogens is 3. The summed E-state index contributed by atoms with van der Waals surface area (Å²) in [4.78, 5) is 11.9. The highest BCUT2D eigenvalue weighted by atomic mass is 19.4. The molecule has 0 aliphatic rings. The zero-order valence-electron chi connectivity index (χ0n) is 11.3. The van der Waals surface area contributed by atoms with Gasteiger partial charge in [0, 0.05) is 12.1 Å². The van der Waals surface area contributed by atoms with Crippen LogP contribution in [-0.2, 0) is 12.7 Å². The summed E-state index contributed by atoms with van der Waals surface area (Å²) in [6, 6.07) is 12.8. The van der Waals surface area contributed by atoms with Gasteiger partial charge in [0.15, 0.2) is 0 Å². The molecule has 0 aromatic heterocycles. The Hall–Kier alpha value is -2.81. The minimum Gasteiger partial charge on any atom is -0.348 e. The van der Waals surface area contributed by atoms with Crippen molar-refractivity contribution in [2.45, 2.75) is 12.7 Å². The highest BCUT2D eigenvalue weighted by Gasteiger charge is 2.30. The molecular weight excluding hydrogens is 293 g/mol. The van der Waals surface area contributed by atoms with Crippen molar-refractivity contribution < 1.29 is 18.0 Å². The van der Waals surface area contributed by atoms with Crippen LogP contribution in [0.15, 0.2) is 48.5 Å². The molecule has 2 aromatic carbocycles. The van der Waals surface area contributed by atoms with E-state index in [1.165, 1.54) is 12.1 Å². The Kier molecular flexibility index (Phi) is 4.47. The first-order valence-corrected chi connectivity index (χ1v) is 6.34. The lowest BCUT2D eigenvalue weighted by molar-refractivity contribution is -0.137. The lowest BCUT2D eigenvalue weighted by Crippen LogP contribution is -2.23. The zero-order chi connectivity index (χ0) is 16.2. The van der Waals surface area contributed by atoms with Crippen LogP contribution in [0, 0.1) is 11.3 Å². The predicted octanol–water partition coefficient (Wildman–Crippen LogP) is 3.51. The van der Waals surface area contributed by atoms with Crippen LogP contribution in [0.3, 0.4) is 0 Å². The summed E-state index contributed by atoms with van der Waals surface area (Å²) in [5.41, 5.74) is 0.211. The van der Waals surface area contributed by atoms with Gasteiger partial charge in [-0.25, -0.2) is 0 Å². The van der Waals surface area contributed by atoms with Crippen LogP contribution in [0.5, 0.6) is 0 Å². The smallest absolute Gasteiger partial charge is 0.348 e. The lowest BCUT2D eigenvalue weighted by Gasteiger charge is -2.09. The highest BCUT2D eigenvalue weighted by Crippen LogP contribution is 2.29. The first-order chi connectivity index (χ1) is 10.4. The van der Waals surface area contributed by atoms with Crippen LogP contribution in [0.25, 0.3) is 0 Å². The molecule has 0 fully saturated rings. The number of rotatable bonds is 3. The molecule has 0 atom stereocenters. The number of carbonyl (C=O) groups excluding carboxylic acids is 1. The SMILES string of the molecule is N#Cc1cccc(CNC(=O)c2cccc(C(F)(F)F)c2)c1. The average Bonchev–Trinajstić information content (AvgIpc) is 2.52. The second-order valence-corrected chi connectivity index (χ2v) is 4.57. The maximum absolute atomic E-state index is 12.6. The molecule has 0 saturated heterocycles. The Morgan fingerprint density at radius 3 is 2.55 bits per heavy atom. The van der Waals surface area contributed by atoms with Crippen molar-refractivity contribution in [1.29, 1.82) is 5.26 Å². The van der Waals surface area contributed by atoms with Crippen LogP contribution < -0.4 is 5.32 Å². The van der Waals surface area contributed by atoms with Gasteiger partial charge in [0.05, 0.1) is 17.2 Å². The molecule has 112 valence electrons. The van der Waals surface area contributed by atoms with Crippen molar-refractivity contribution in [2.24, 2.45) is 0 Å². The van der Waals surface area contributed by atoms with E-state index in [-0.39, 0.29) is 12.1 Å². The topological polar surface area (TPSA) is 52.9 Å². The fraction of sp³-hybridized carbons (Fsp3) is 0.125. The summed E-state index contributed by atoms with van der Waals surface area (Å²) in [6.45, 7) is 0.130. The van der Waals surface area contributed by atoms with Gasteiger partial charge in [-0.15, -0.1) is 0 Å². The van der Waals surface area contributed by atoms with Crippen molar-refractivity contribution in [3.63, 3.8) is 0 Å². The normalized spacial score (nSPS) is 10.8. The predicted molar refractivity (Wildman–Crippen MR) is 73.8 cm³/mol. The van der Waals surface area contributed by atoms with Crippen LogP contribution in [-0.4, -0.2) is 5.91 Å². The van der Waals surface area contributed by atoms with Crippen LogP contribution in [0.2, 0.25) is 0 Å². The van der Waals surface area contributed by atoms with E-state index < -0.39 is 17.6 Å². The summed E-state index contributed by atoms with van der Waals surface area (Å²) in [6.07, 6.45) is -4.49. The second kappa shape index (κ2) is 6.31. The van der Waals surface area contributed by atoms with Crippen molar-refractivity contribution in [3.8, 4) is 6.07 Å². The molecule has 0 unspecified atom stereocenters. The molecule has 3 nitrogen and oxygen atoms in total. The Bertz CT molecular complexity index is 733. The zero-order valence-corrected chi connectivity index (χ0v) is 11.3. The molecule has 6 heteroatoms. The van der Waals surface area contributed by atoms with E-state index in [4.69, 9.17) is 5.26 Å². The molecule has 2 aromatic rings. The van der Waals surface area contributed by atoms with Crippen molar-refractivity contribution >= 4 is 5.91 Å². The standard InChI is InChI=1S/C16H11F3N2O/c17-16(18,19)14-6-2-5-13(8-14)15(22)21-10-12-4-1-3-11(7-12)9-20/h1-8H,10H2,(H,21,22). The molecule has 0 heterocycles. The fourth-order valence-electron chi connectivity index (χ4n) is 1.87. The van der Waals surface area contributed by atoms with Gasteiger partial charge in [0.1, 0.15) is 0 Å². The van der Waals surface area contributed by atoms with Gasteiger partial charge in [0.2, 0.25) is 0 Å². The number of alkyl halides is 3. The third kappa shape index (κ3) is 3.85. The number of hydrogen-bond donors (Lipinski definition) is 1. The van der Waals surface area contributed by atoms with Crippen LogP contribution in [0.4, 0.5) is 13.2 Å². The second-order valence-electron chi connectivity index (χ2n) is 4.57. The highest BCUT2D eigenvalue weighted by molar-refractivity contribution is 5.94. The minimum absolute atomic E-state index is 0.0636. The van der Waals surface area contributed by atoms with E-state index in [1.54, 1.807) is 24.3 Å². The van der Waals surface area contributed by atoms with E-state index >= 15 is 0 Å². The van der Waals surface area contributed by atoms with Crippen molar-refractivity contribution in [1.82, 2.24) is 5.32 Å². The van der Waals surface area contributed by atoms with Crippen molar-refractivity contribution in [3.05, 3.63) is 70.8 Å². The first kappa shape index (κ1) is 15.6. The van der Waals surface area contributed by atoms with Gasteiger partial charge in [-0.3, -0.25) is 4.79 Å². The van der Waals surface area contributed by atoms with E-state index in [9.17, 15) is 18.0 Å². The molecule has 2 rings (SSSR count). The molecule has 0 saturated carbocycles. The van der Waals surface area contributed by atoms with Crippen LogP contribution >= 0.6 is 0 Å². The fourth-order valence-corrected chi connectivity index (χ4v) is 1.87. The minimum atomic E-state index is -4.49. The Morgan fingerprint density at radius 2 is 1.86 bits per heavy atom. The van der Waals surface area contributed by atoms with Gasteiger partial charge in [-0.05, 0) is 35.9 Å². The molecule has 1 N–H and O–H groups in total. The van der Waals surface area contributed by atoms with Gasteiger partial charge in [-0.1, -0.05) is 18.2 Å². The monoisotopic (exact) mass is 304 g/mol. The van der Waals surface area contributed by atoms with E-state index in [1.807, 2.05) is 6.07 Å². The van der Waals surface area contributed by atoms with Gasteiger partial charge < -0.3 is 5.32 Å². The molecular formula is C16H11F3N2O. The van der Waals surface area contributed by atoms with E-state index in [0.717, 1.165) is 12.1 Å². The maximum atomic E-state index is 12.6. The Morgan fingerprint density at radius 1 is 1.14 bits per heavy atom. The molecule has 0 aliphatic carbocycles. The summed E-state index contributed by atoms with van der Waals surface area (Å²) in [5.74, 6) is -0.603.